The van der Waals surface area contributed by atoms with Crippen molar-refractivity contribution >= 4 is 28.6 Å². The first-order chi connectivity index (χ1) is 17.4. The smallest absolute Gasteiger partial charge is 0.407 e. The summed E-state index contributed by atoms with van der Waals surface area (Å²) in [5.41, 5.74) is -0.502. The van der Waals surface area contributed by atoms with Crippen LogP contribution in [0.25, 0.3) is 10.9 Å². The summed E-state index contributed by atoms with van der Waals surface area (Å²) in [6.45, 7) is 10.1. The number of aromatic nitrogens is 3. The number of benzene rings is 1. The van der Waals surface area contributed by atoms with E-state index in [-0.39, 0.29) is 11.6 Å². The molecule has 4 rings (SSSR count). The van der Waals surface area contributed by atoms with E-state index >= 15 is 0 Å². The van der Waals surface area contributed by atoms with Gasteiger partial charge in [-0.05, 0) is 47.1 Å². The van der Waals surface area contributed by atoms with Crippen LogP contribution in [0.3, 0.4) is 0 Å². The van der Waals surface area contributed by atoms with Gasteiger partial charge in [0, 0.05) is 24.0 Å². The van der Waals surface area contributed by atoms with Crippen LogP contribution < -0.4 is 15.5 Å². The monoisotopic (exact) mass is 516 g/mol. The van der Waals surface area contributed by atoms with Crippen LogP contribution in [-0.2, 0) is 4.74 Å². The Kier molecular flexibility index (Phi) is 7.42. The molecule has 2 N–H and O–H groups in total. The van der Waals surface area contributed by atoms with Crippen molar-refractivity contribution < 1.29 is 22.7 Å². The lowest BCUT2D eigenvalue weighted by atomic mass is 10.0. The van der Waals surface area contributed by atoms with Gasteiger partial charge in [0.1, 0.15) is 28.9 Å². The number of halogens is 3. The summed E-state index contributed by atoms with van der Waals surface area (Å²) < 4.78 is 46.5. The Labute approximate surface area is 213 Å². The Bertz CT molecular complexity index is 1300. The molecule has 1 aromatic carbocycles. The van der Waals surface area contributed by atoms with Crippen LogP contribution in [0, 0.1) is 12.7 Å². The molecule has 0 bridgehead atoms. The van der Waals surface area contributed by atoms with Crippen molar-refractivity contribution in [2.24, 2.45) is 0 Å². The van der Waals surface area contributed by atoms with Crippen LogP contribution in [0.5, 0.6) is 0 Å². The summed E-state index contributed by atoms with van der Waals surface area (Å²) in [5, 5.41) is 6.73. The molecular weight excluding hydrogens is 485 g/mol. The van der Waals surface area contributed by atoms with Crippen molar-refractivity contribution in [3.63, 3.8) is 0 Å². The Hall–Kier alpha value is -3.63. The van der Waals surface area contributed by atoms with Gasteiger partial charge in [0.15, 0.2) is 0 Å². The minimum atomic E-state index is -2.91. The fourth-order valence-corrected chi connectivity index (χ4v) is 4.33. The topological polar surface area (TPSA) is 92.3 Å². The third-order valence-electron chi connectivity index (χ3n) is 6.03. The van der Waals surface area contributed by atoms with E-state index in [1.165, 1.54) is 12.1 Å². The van der Waals surface area contributed by atoms with Gasteiger partial charge in [0.25, 0.3) is 6.43 Å². The number of nitrogens with one attached hydrogen (secondary N) is 2. The molecule has 0 saturated carbocycles. The van der Waals surface area contributed by atoms with Crippen LogP contribution in [-0.4, -0.2) is 45.8 Å². The van der Waals surface area contributed by atoms with E-state index in [1.807, 2.05) is 31.7 Å². The number of carbonyl (C=O) groups excluding carboxylic acids is 1. The predicted octanol–water partition coefficient (Wildman–Crippen LogP) is 5.69. The number of carbonyl (C=O) groups is 1. The quantitative estimate of drug-likeness (QED) is 0.435. The molecule has 3 heterocycles. The third kappa shape index (κ3) is 6.20. The largest absolute Gasteiger partial charge is 0.444 e. The molecule has 0 aliphatic carbocycles. The summed E-state index contributed by atoms with van der Waals surface area (Å²) in [5.74, 6) is 0.676. The number of aryl methyl sites for hydroxylation is 1. The molecule has 3 aromatic rings. The first-order valence-corrected chi connectivity index (χ1v) is 12.1. The highest BCUT2D eigenvalue weighted by Crippen LogP contribution is 2.31. The molecule has 1 amide bonds. The second kappa shape index (κ2) is 10.4. The average Bonchev–Trinajstić information content (AvgIpc) is 3.25. The number of rotatable bonds is 6. The number of pyridine rings is 1. The van der Waals surface area contributed by atoms with Gasteiger partial charge in [0.2, 0.25) is 0 Å². The van der Waals surface area contributed by atoms with E-state index < -0.39 is 35.5 Å². The van der Waals surface area contributed by atoms with Crippen LogP contribution in [0.1, 0.15) is 63.5 Å². The molecule has 1 aliphatic rings. The first kappa shape index (κ1) is 26.4. The zero-order valence-electron chi connectivity index (χ0n) is 21.5. The normalized spacial score (nSPS) is 16.8. The number of hydrogen-bond donors (Lipinski definition) is 2. The van der Waals surface area contributed by atoms with Crippen LogP contribution in [0.2, 0.25) is 0 Å². The summed E-state index contributed by atoms with van der Waals surface area (Å²) in [6.07, 6.45) is -0.997. The number of hydrogen-bond acceptors (Lipinski definition) is 7. The van der Waals surface area contributed by atoms with Crippen LogP contribution in [0.15, 0.2) is 30.5 Å². The van der Waals surface area contributed by atoms with Gasteiger partial charge in [-0.15, -0.1) is 0 Å². The maximum atomic E-state index is 14.7. The van der Waals surface area contributed by atoms with Gasteiger partial charge in [-0.3, -0.25) is 0 Å². The molecule has 198 valence electrons. The molecule has 0 spiro atoms. The minimum Gasteiger partial charge on any atom is -0.444 e. The third-order valence-corrected chi connectivity index (χ3v) is 6.03. The van der Waals surface area contributed by atoms with Gasteiger partial charge in [-0.2, -0.15) is 0 Å². The number of alkyl halides is 2. The molecule has 8 nitrogen and oxygen atoms in total. The standard InChI is InChI=1S/C26H31F3N6O2/c1-14(17-7-6-8-18(22(17)27)23(28)29)31-24-19-11-21(30-12-20(19)32-15(2)33-24)35-10-9-16(13-35)34-25(36)37-26(3,4)5/h6-8,11-12,14,16,23H,9-10,13H2,1-5H3,(H,34,36)(H,31,32,33)/t14-,16-/m1/s1. The average molecular weight is 517 g/mol. The van der Waals surface area contributed by atoms with E-state index in [4.69, 9.17) is 4.74 Å². The van der Waals surface area contributed by atoms with Crippen LogP contribution in [0.4, 0.5) is 29.6 Å². The van der Waals surface area contributed by atoms with Gasteiger partial charge in [-0.1, -0.05) is 18.2 Å². The number of fused-ring (bicyclic) bond motifs is 1. The maximum Gasteiger partial charge on any atom is 0.407 e. The lowest BCUT2D eigenvalue weighted by Crippen LogP contribution is -2.40. The van der Waals surface area contributed by atoms with E-state index in [0.29, 0.717) is 41.5 Å². The van der Waals surface area contributed by atoms with Crippen molar-refractivity contribution in [2.45, 2.75) is 65.1 Å². The number of nitrogens with zero attached hydrogens (tertiary/aromatic N) is 4. The molecule has 1 fully saturated rings. The summed E-state index contributed by atoms with van der Waals surface area (Å²) >= 11 is 0. The van der Waals surface area contributed by atoms with E-state index in [1.54, 1.807) is 20.0 Å². The molecule has 37 heavy (non-hydrogen) atoms. The second-order valence-electron chi connectivity index (χ2n) is 10.2. The zero-order chi connectivity index (χ0) is 26.9. The fraction of sp³-hybridized carbons (Fsp3) is 0.462. The van der Waals surface area contributed by atoms with E-state index in [2.05, 4.69) is 25.6 Å². The lowest BCUT2D eigenvalue weighted by molar-refractivity contribution is 0.0509. The summed E-state index contributed by atoms with van der Waals surface area (Å²) in [6, 6.07) is 5.08. The lowest BCUT2D eigenvalue weighted by Gasteiger charge is -2.22. The molecule has 0 unspecified atom stereocenters. The second-order valence-corrected chi connectivity index (χ2v) is 10.2. The van der Waals surface area contributed by atoms with Crippen LogP contribution >= 0.6 is 0 Å². The Balaban J connectivity index is 1.56. The Morgan fingerprint density at radius 3 is 2.65 bits per heavy atom. The number of alkyl carbamates (subject to hydrolysis) is 1. The molecule has 1 aliphatic heterocycles. The molecule has 2 atom stereocenters. The first-order valence-electron chi connectivity index (χ1n) is 12.1. The van der Waals surface area contributed by atoms with E-state index in [0.717, 1.165) is 12.5 Å². The minimum absolute atomic E-state index is 0.0932. The van der Waals surface area contributed by atoms with Crippen molar-refractivity contribution in [1.29, 1.82) is 0 Å². The molecule has 1 saturated heterocycles. The molecular formula is C26H31F3N6O2. The maximum absolute atomic E-state index is 14.7. The van der Waals surface area contributed by atoms with Crippen molar-refractivity contribution in [2.75, 3.05) is 23.3 Å². The van der Waals surface area contributed by atoms with Crippen molar-refractivity contribution in [3.05, 3.63) is 53.2 Å². The highest BCUT2D eigenvalue weighted by atomic mass is 19.3. The highest BCUT2D eigenvalue weighted by Gasteiger charge is 2.27. The summed E-state index contributed by atoms with van der Waals surface area (Å²) in [4.78, 5) is 27.7. The van der Waals surface area contributed by atoms with Gasteiger partial charge in [0.05, 0.1) is 29.4 Å². The fourth-order valence-electron chi connectivity index (χ4n) is 4.33. The van der Waals surface area contributed by atoms with Gasteiger partial charge >= 0.3 is 6.09 Å². The molecule has 11 heteroatoms. The van der Waals surface area contributed by atoms with Crippen molar-refractivity contribution in [3.8, 4) is 0 Å². The SMILES string of the molecule is Cc1nc(N[C@H](C)c2cccc(C(F)F)c2F)c2cc(N3CC[C@@H](NC(=O)OC(C)(C)C)C3)ncc2n1. The Morgan fingerprint density at radius 1 is 1.22 bits per heavy atom. The van der Waals surface area contributed by atoms with Crippen molar-refractivity contribution in [1.82, 2.24) is 20.3 Å². The zero-order valence-corrected chi connectivity index (χ0v) is 21.5. The highest BCUT2D eigenvalue weighted by molar-refractivity contribution is 5.90. The van der Waals surface area contributed by atoms with E-state index in [9.17, 15) is 18.0 Å². The molecule has 0 radical (unpaired) electrons. The van der Waals surface area contributed by atoms with Gasteiger partial charge < -0.3 is 20.3 Å². The number of ether oxygens (including phenoxy) is 1. The predicted molar refractivity (Wildman–Crippen MR) is 135 cm³/mol. The molecule has 2 aromatic heterocycles. The Morgan fingerprint density at radius 2 is 1.95 bits per heavy atom. The number of amides is 1. The van der Waals surface area contributed by atoms with Gasteiger partial charge in [-0.25, -0.2) is 32.9 Å². The summed E-state index contributed by atoms with van der Waals surface area (Å²) in [7, 11) is 0. The number of anilines is 2.